The first kappa shape index (κ1) is 12.0. The summed E-state index contributed by atoms with van der Waals surface area (Å²) >= 11 is 1.82. The second-order valence-corrected chi connectivity index (χ2v) is 4.90. The Morgan fingerprint density at radius 3 is 2.35 bits per heavy atom. The second kappa shape index (κ2) is 6.31. The van der Waals surface area contributed by atoms with Crippen molar-refractivity contribution in [1.29, 1.82) is 0 Å². The third-order valence-corrected chi connectivity index (χ3v) is 3.36. The molecule has 0 radical (unpaired) electrons. The first-order valence-corrected chi connectivity index (χ1v) is 6.78. The summed E-state index contributed by atoms with van der Waals surface area (Å²) in [6, 6.07) is 19.1. The van der Waals surface area contributed by atoms with Gasteiger partial charge in [0, 0.05) is 5.75 Å². The number of rotatable bonds is 4. The Labute approximate surface area is 107 Å². The highest BCUT2D eigenvalue weighted by atomic mass is 32.2. The number of hydrogen-bond acceptors (Lipinski definition) is 1. The third kappa shape index (κ3) is 4.12. The molecule has 0 fully saturated rings. The van der Waals surface area contributed by atoms with E-state index in [1.165, 1.54) is 16.7 Å². The molecular weight excluding hydrogens is 224 g/mol. The highest BCUT2D eigenvalue weighted by Crippen LogP contribution is 2.15. The molecule has 0 atom stereocenters. The first-order chi connectivity index (χ1) is 8.34. The monoisotopic (exact) mass is 240 g/mol. The van der Waals surface area contributed by atoms with Crippen molar-refractivity contribution >= 4 is 17.8 Å². The lowest BCUT2D eigenvalue weighted by Crippen LogP contribution is -1.76. The molecule has 0 nitrogen and oxygen atoms in total. The van der Waals surface area contributed by atoms with Gasteiger partial charge in [-0.2, -0.15) is 0 Å². The van der Waals surface area contributed by atoms with Crippen molar-refractivity contribution in [2.45, 2.75) is 12.7 Å². The van der Waals surface area contributed by atoms with Crippen molar-refractivity contribution in [2.75, 3.05) is 0 Å². The SMILES string of the molecule is Cc1ccc(/C=C\SCc2ccccc2)cc1. The minimum Gasteiger partial charge on any atom is -0.129 e. The molecule has 0 spiro atoms. The quantitative estimate of drug-likeness (QED) is 0.732. The van der Waals surface area contributed by atoms with E-state index in [-0.39, 0.29) is 0 Å². The van der Waals surface area contributed by atoms with E-state index in [4.69, 9.17) is 0 Å². The Balaban J connectivity index is 1.84. The zero-order valence-electron chi connectivity index (χ0n) is 9.97. The predicted octanol–water partition coefficient (Wildman–Crippen LogP) is 4.90. The lowest BCUT2D eigenvalue weighted by atomic mass is 10.2. The molecule has 0 saturated carbocycles. The van der Waals surface area contributed by atoms with Crippen molar-refractivity contribution in [3.8, 4) is 0 Å². The van der Waals surface area contributed by atoms with Crippen LogP contribution < -0.4 is 0 Å². The van der Waals surface area contributed by atoms with Crippen LogP contribution in [0.3, 0.4) is 0 Å². The molecule has 2 aromatic carbocycles. The van der Waals surface area contributed by atoms with Crippen LogP contribution in [0.15, 0.2) is 60.0 Å². The maximum Gasteiger partial charge on any atom is 0.0226 e. The van der Waals surface area contributed by atoms with Gasteiger partial charge >= 0.3 is 0 Å². The molecule has 0 aliphatic rings. The van der Waals surface area contributed by atoms with Gasteiger partial charge in [-0.1, -0.05) is 60.2 Å². The van der Waals surface area contributed by atoms with Gasteiger partial charge in [-0.25, -0.2) is 0 Å². The van der Waals surface area contributed by atoms with Gasteiger partial charge in [0.15, 0.2) is 0 Å². The lowest BCUT2D eigenvalue weighted by Gasteiger charge is -1.97. The molecule has 0 unspecified atom stereocenters. The molecule has 0 aliphatic heterocycles. The summed E-state index contributed by atoms with van der Waals surface area (Å²) in [6.45, 7) is 2.11. The van der Waals surface area contributed by atoms with E-state index < -0.39 is 0 Å². The van der Waals surface area contributed by atoms with E-state index in [0.29, 0.717) is 0 Å². The zero-order chi connectivity index (χ0) is 11.9. The van der Waals surface area contributed by atoms with E-state index >= 15 is 0 Å². The smallest absolute Gasteiger partial charge is 0.0226 e. The Bertz CT molecular complexity index is 469. The maximum absolute atomic E-state index is 2.16. The molecule has 0 aromatic heterocycles. The van der Waals surface area contributed by atoms with Gasteiger partial charge in [0.2, 0.25) is 0 Å². The maximum atomic E-state index is 2.16. The largest absolute Gasteiger partial charge is 0.129 e. The fourth-order valence-corrected chi connectivity index (χ4v) is 2.26. The van der Waals surface area contributed by atoms with Gasteiger partial charge < -0.3 is 0 Å². The molecule has 0 heterocycles. The molecule has 2 rings (SSSR count). The van der Waals surface area contributed by atoms with Crippen LogP contribution in [-0.4, -0.2) is 0 Å². The Hall–Kier alpha value is -1.47. The number of hydrogen-bond donors (Lipinski definition) is 0. The van der Waals surface area contributed by atoms with Gasteiger partial charge in [0.25, 0.3) is 0 Å². The van der Waals surface area contributed by atoms with Gasteiger partial charge in [-0.15, -0.1) is 11.8 Å². The normalized spacial score (nSPS) is 10.9. The van der Waals surface area contributed by atoms with Crippen LogP contribution in [0.25, 0.3) is 6.08 Å². The van der Waals surface area contributed by atoms with E-state index in [1.807, 2.05) is 11.8 Å². The molecular formula is C16H16S. The fraction of sp³-hybridized carbons (Fsp3) is 0.125. The van der Waals surface area contributed by atoms with E-state index in [9.17, 15) is 0 Å². The number of aryl methyl sites for hydroxylation is 1. The molecule has 0 bridgehead atoms. The minimum atomic E-state index is 1.03. The highest BCUT2D eigenvalue weighted by Gasteiger charge is 1.89. The molecule has 86 valence electrons. The molecule has 0 amide bonds. The third-order valence-electron chi connectivity index (χ3n) is 2.53. The van der Waals surface area contributed by atoms with E-state index in [2.05, 4.69) is 73.0 Å². The molecule has 0 saturated heterocycles. The lowest BCUT2D eigenvalue weighted by molar-refractivity contribution is 1.42. The highest BCUT2D eigenvalue weighted by molar-refractivity contribution is 8.01. The first-order valence-electron chi connectivity index (χ1n) is 5.73. The summed E-state index contributed by atoms with van der Waals surface area (Å²) < 4.78 is 0. The number of thioether (sulfide) groups is 1. The van der Waals surface area contributed by atoms with Crippen LogP contribution in [0.1, 0.15) is 16.7 Å². The molecule has 0 aliphatic carbocycles. The van der Waals surface area contributed by atoms with Crippen LogP contribution in [0.2, 0.25) is 0 Å². The van der Waals surface area contributed by atoms with Crippen molar-refractivity contribution in [1.82, 2.24) is 0 Å². The average molecular weight is 240 g/mol. The fourth-order valence-electron chi connectivity index (χ4n) is 1.52. The Morgan fingerprint density at radius 1 is 0.941 bits per heavy atom. The van der Waals surface area contributed by atoms with Crippen LogP contribution in [0, 0.1) is 6.92 Å². The molecule has 1 heteroatoms. The molecule has 0 N–H and O–H groups in total. The Morgan fingerprint density at radius 2 is 1.65 bits per heavy atom. The predicted molar refractivity (Wildman–Crippen MR) is 78.0 cm³/mol. The van der Waals surface area contributed by atoms with E-state index in [1.54, 1.807) is 0 Å². The van der Waals surface area contributed by atoms with Crippen LogP contribution in [-0.2, 0) is 5.75 Å². The van der Waals surface area contributed by atoms with Crippen molar-refractivity contribution in [3.05, 3.63) is 76.7 Å². The van der Waals surface area contributed by atoms with Gasteiger partial charge in [0.05, 0.1) is 0 Å². The van der Waals surface area contributed by atoms with Crippen LogP contribution in [0.4, 0.5) is 0 Å². The summed E-state index contributed by atoms with van der Waals surface area (Å²) in [4.78, 5) is 0. The zero-order valence-corrected chi connectivity index (χ0v) is 10.8. The summed E-state index contributed by atoms with van der Waals surface area (Å²) in [7, 11) is 0. The van der Waals surface area contributed by atoms with E-state index in [0.717, 1.165) is 5.75 Å². The van der Waals surface area contributed by atoms with Gasteiger partial charge in [-0.05, 0) is 29.5 Å². The topological polar surface area (TPSA) is 0 Å². The van der Waals surface area contributed by atoms with Crippen molar-refractivity contribution < 1.29 is 0 Å². The van der Waals surface area contributed by atoms with Crippen molar-refractivity contribution in [2.24, 2.45) is 0 Å². The standard InChI is InChI=1S/C16H16S/c1-14-7-9-15(10-8-14)11-12-17-13-16-5-3-2-4-6-16/h2-12H,13H2,1H3/b12-11-. The second-order valence-electron chi connectivity index (χ2n) is 4.01. The van der Waals surface area contributed by atoms with Crippen LogP contribution in [0.5, 0.6) is 0 Å². The minimum absolute atomic E-state index is 1.03. The molecule has 17 heavy (non-hydrogen) atoms. The summed E-state index contributed by atoms with van der Waals surface area (Å²) in [5, 5.41) is 2.16. The van der Waals surface area contributed by atoms with Gasteiger partial charge in [-0.3, -0.25) is 0 Å². The molecule has 2 aromatic rings. The van der Waals surface area contributed by atoms with Crippen LogP contribution >= 0.6 is 11.8 Å². The van der Waals surface area contributed by atoms with Gasteiger partial charge in [0.1, 0.15) is 0 Å². The van der Waals surface area contributed by atoms with Crippen molar-refractivity contribution in [3.63, 3.8) is 0 Å². The summed E-state index contributed by atoms with van der Waals surface area (Å²) in [6.07, 6.45) is 2.16. The average Bonchev–Trinajstić information content (AvgIpc) is 2.38. The number of benzene rings is 2. The summed E-state index contributed by atoms with van der Waals surface area (Å²) in [5.41, 5.74) is 3.93. The summed E-state index contributed by atoms with van der Waals surface area (Å²) in [5.74, 6) is 1.03. The Kier molecular flexibility index (Phi) is 4.45.